The molecule has 6 heteroatoms. The summed E-state index contributed by atoms with van der Waals surface area (Å²) in [5.41, 5.74) is 6.39. The summed E-state index contributed by atoms with van der Waals surface area (Å²) in [4.78, 5) is 37.7. The summed E-state index contributed by atoms with van der Waals surface area (Å²) in [5, 5.41) is 9.79. The highest BCUT2D eigenvalue weighted by Gasteiger charge is 2.61. The number of nitrogens with two attached hydrogens (primary N) is 1. The first-order valence-corrected chi connectivity index (χ1v) is 14.5. The molecule has 0 spiro atoms. The van der Waals surface area contributed by atoms with Gasteiger partial charge in [0.05, 0.1) is 18.6 Å². The molecule has 0 aromatic carbocycles. The third-order valence-electron chi connectivity index (χ3n) is 11.5. The Labute approximate surface area is 217 Å². The van der Waals surface area contributed by atoms with Crippen LogP contribution in [0.3, 0.4) is 0 Å². The number of ketones is 2. The molecule has 0 bridgehead atoms. The minimum atomic E-state index is -0.834. The van der Waals surface area contributed by atoms with E-state index < -0.39 is 24.5 Å². The van der Waals surface area contributed by atoms with Crippen molar-refractivity contribution in [3.8, 4) is 0 Å². The molecule has 4 saturated carbocycles. The zero-order valence-corrected chi connectivity index (χ0v) is 23.1. The average Bonchev–Trinajstić information content (AvgIpc) is 3.19. The van der Waals surface area contributed by atoms with E-state index >= 15 is 0 Å². The Morgan fingerprint density at radius 1 is 0.972 bits per heavy atom. The molecule has 6 nitrogen and oxygen atoms in total. The number of hydrogen-bond acceptors (Lipinski definition) is 6. The van der Waals surface area contributed by atoms with Crippen LogP contribution >= 0.6 is 0 Å². The summed E-state index contributed by atoms with van der Waals surface area (Å²) in [6, 6.07) is -0.625. The molecule has 4 aliphatic carbocycles. The third-order valence-corrected chi connectivity index (χ3v) is 11.5. The first-order chi connectivity index (χ1) is 16.9. The maximum atomic E-state index is 12.9. The van der Waals surface area contributed by atoms with E-state index in [2.05, 4.69) is 13.8 Å². The molecule has 36 heavy (non-hydrogen) atoms. The molecule has 0 amide bonds. The van der Waals surface area contributed by atoms with Crippen LogP contribution in [0.15, 0.2) is 0 Å². The SMILES string of the molecule is CC(=O)[C@H]1CC[C@H]2[C@@H]3CC[C@H]4C[C@H](OC(=O)[C@H](CO)CC(=O)[C@@H](N)C(C)C)CC[C@]4(C)[C@H]3CC[C@]12C. The van der Waals surface area contributed by atoms with Gasteiger partial charge in [-0.15, -0.1) is 0 Å². The average molecular weight is 504 g/mol. The minimum absolute atomic E-state index is 0.00533. The lowest BCUT2D eigenvalue weighted by Crippen LogP contribution is -2.54. The van der Waals surface area contributed by atoms with Gasteiger partial charge >= 0.3 is 5.97 Å². The Balaban J connectivity index is 1.38. The van der Waals surface area contributed by atoms with Gasteiger partial charge in [-0.25, -0.2) is 0 Å². The molecule has 4 rings (SSSR count). The van der Waals surface area contributed by atoms with Crippen LogP contribution < -0.4 is 5.73 Å². The Morgan fingerprint density at radius 3 is 2.28 bits per heavy atom. The number of fused-ring (bicyclic) bond motifs is 5. The van der Waals surface area contributed by atoms with Gasteiger partial charge in [-0.1, -0.05) is 27.7 Å². The minimum Gasteiger partial charge on any atom is -0.462 e. The third kappa shape index (κ3) is 4.81. The van der Waals surface area contributed by atoms with E-state index in [1.165, 1.54) is 19.3 Å². The Kier molecular flexibility index (Phi) is 8.08. The van der Waals surface area contributed by atoms with Crippen molar-refractivity contribution in [2.24, 2.45) is 58.0 Å². The fourth-order valence-corrected chi connectivity index (χ4v) is 9.23. The number of Topliss-reactive ketones (excluding diaryl/α,β-unsaturated/α-hetero) is 2. The smallest absolute Gasteiger partial charge is 0.311 e. The molecule has 4 fully saturated rings. The van der Waals surface area contributed by atoms with Crippen LogP contribution in [0.2, 0.25) is 0 Å². The predicted octanol–water partition coefficient (Wildman–Crippen LogP) is 4.70. The van der Waals surface area contributed by atoms with E-state index in [1.807, 2.05) is 13.8 Å². The van der Waals surface area contributed by atoms with Gasteiger partial charge in [-0.2, -0.15) is 0 Å². The monoisotopic (exact) mass is 503 g/mol. The normalized spacial score (nSPS) is 41.6. The highest BCUT2D eigenvalue weighted by atomic mass is 16.5. The van der Waals surface area contributed by atoms with Crippen molar-refractivity contribution >= 4 is 17.5 Å². The van der Waals surface area contributed by atoms with Crippen LogP contribution in [0.1, 0.15) is 98.8 Å². The molecule has 3 N–H and O–H groups in total. The number of esters is 1. The van der Waals surface area contributed by atoms with E-state index in [0.29, 0.717) is 29.5 Å². The van der Waals surface area contributed by atoms with Crippen LogP contribution in [-0.2, 0) is 19.1 Å². The molecule has 204 valence electrons. The second kappa shape index (κ2) is 10.5. The number of rotatable bonds is 8. The van der Waals surface area contributed by atoms with Crippen molar-refractivity contribution in [3.63, 3.8) is 0 Å². The number of hydrogen-bond donors (Lipinski definition) is 2. The highest BCUT2D eigenvalue weighted by Crippen LogP contribution is 2.67. The Hall–Kier alpha value is -1.27. The second-order valence-corrected chi connectivity index (χ2v) is 13.6. The molecule has 0 radical (unpaired) electrons. The summed E-state index contributed by atoms with van der Waals surface area (Å²) < 4.78 is 5.91. The lowest BCUT2D eigenvalue weighted by atomic mass is 9.44. The number of carbonyl (C=O) groups is 3. The fourth-order valence-electron chi connectivity index (χ4n) is 9.23. The lowest BCUT2D eigenvalue weighted by Gasteiger charge is -2.61. The van der Waals surface area contributed by atoms with Gasteiger partial charge in [-0.3, -0.25) is 14.4 Å². The van der Waals surface area contributed by atoms with Crippen molar-refractivity contribution < 1.29 is 24.2 Å². The first-order valence-electron chi connectivity index (χ1n) is 14.5. The maximum Gasteiger partial charge on any atom is 0.311 e. The molecule has 0 aromatic rings. The van der Waals surface area contributed by atoms with E-state index in [1.54, 1.807) is 6.92 Å². The van der Waals surface area contributed by atoms with Crippen LogP contribution in [0.5, 0.6) is 0 Å². The lowest BCUT2D eigenvalue weighted by molar-refractivity contribution is -0.169. The summed E-state index contributed by atoms with van der Waals surface area (Å²) >= 11 is 0. The number of aliphatic hydroxyl groups is 1. The van der Waals surface area contributed by atoms with Crippen LogP contribution in [0.25, 0.3) is 0 Å². The predicted molar refractivity (Wildman–Crippen MR) is 139 cm³/mol. The van der Waals surface area contributed by atoms with Gasteiger partial charge in [0.15, 0.2) is 5.78 Å². The number of carbonyl (C=O) groups excluding carboxylic acids is 3. The highest BCUT2D eigenvalue weighted by molar-refractivity contribution is 5.88. The van der Waals surface area contributed by atoms with E-state index in [0.717, 1.165) is 38.5 Å². The summed E-state index contributed by atoms with van der Waals surface area (Å²) in [6.07, 6.45) is 9.59. The van der Waals surface area contributed by atoms with Gasteiger partial charge in [0.1, 0.15) is 11.9 Å². The second-order valence-electron chi connectivity index (χ2n) is 13.6. The van der Waals surface area contributed by atoms with Crippen molar-refractivity contribution in [1.29, 1.82) is 0 Å². The largest absolute Gasteiger partial charge is 0.462 e. The van der Waals surface area contributed by atoms with Crippen molar-refractivity contribution in [2.75, 3.05) is 6.61 Å². The molecule has 4 aliphatic rings. The Morgan fingerprint density at radius 2 is 1.64 bits per heavy atom. The zero-order chi connectivity index (χ0) is 26.4. The van der Waals surface area contributed by atoms with Crippen LogP contribution in [0.4, 0.5) is 0 Å². The molecule has 0 heterocycles. The molecule has 10 atom stereocenters. The molecule has 0 unspecified atom stereocenters. The first kappa shape index (κ1) is 27.8. The van der Waals surface area contributed by atoms with E-state index in [-0.39, 0.29) is 41.0 Å². The fraction of sp³-hybridized carbons (Fsp3) is 0.900. The number of aliphatic hydroxyl groups excluding tert-OH is 1. The zero-order valence-electron chi connectivity index (χ0n) is 23.1. The van der Waals surface area contributed by atoms with Crippen LogP contribution in [0, 0.1) is 52.3 Å². The van der Waals surface area contributed by atoms with Crippen LogP contribution in [-0.4, -0.2) is 41.4 Å². The maximum absolute atomic E-state index is 12.9. The Bertz CT molecular complexity index is 856. The van der Waals surface area contributed by atoms with Gasteiger partial charge < -0.3 is 15.6 Å². The molecular weight excluding hydrogens is 454 g/mol. The molecule has 0 aromatic heterocycles. The molecule has 0 aliphatic heterocycles. The quantitative estimate of drug-likeness (QED) is 0.465. The van der Waals surface area contributed by atoms with Gasteiger partial charge in [-0.05, 0) is 105 Å². The summed E-state index contributed by atoms with van der Waals surface area (Å²) in [7, 11) is 0. The topological polar surface area (TPSA) is 107 Å². The van der Waals surface area contributed by atoms with Gasteiger partial charge in [0, 0.05) is 12.3 Å². The van der Waals surface area contributed by atoms with Crippen molar-refractivity contribution in [2.45, 2.75) is 111 Å². The molecular formula is C30H49NO5. The van der Waals surface area contributed by atoms with Crippen molar-refractivity contribution in [1.82, 2.24) is 0 Å². The molecule has 0 saturated heterocycles. The van der Waals surface area contributed by atoms with E-state index in [4.69, 9.17) is 10.5 Å². The summed E-state index contributed by atoms with van der Waals surface area (Å²) in [6.45, 7) is 10.0. The van der Waals surface area contributed by atoms with Gasteiger partial charge in [0.2, 0.25) is 0 Å². The van der Waals surface area contributed by atoms with E-state index in [9.17, 15) is 19.5 Å². The number of ether oxygens (including phenoxy) is 1. The van der Waals surface area contributed by atoms with Gasteiger partial charge in [0.25, 0.3) is 0 Å². The summed E-state index contributed by atoms with van der Waals surface area (Å²) in [5.74, 6) is 1.73. The standard InChI is InChI=1S/C30H49NO5/c1-17(2)27(31)26(34)14-19(16-32)28(35)36-21-10-12-29(4)20(15-21)6-7-22-24-9-8-23(18(3)33)30(24,5)13-11-25(22)29/h17,19-25,27,32H,6-16,31H2,1-5H3/t19-,20-,21+,22-,23+,24-,25-,27-,29-,30+/m0/s1. The van der Waals surface area contributed by atoms with Crippen molar-refractivity contribution in [3.05, 3.63) is 0 Å².